The zero-order valence-electron chi connectivity index (χ0n) is 11.9. The lowest BCUT2D eigenvalue weighted by Crippen LogP contribution is -2.50. The number of rotatable bonds is 6. The Labute approximate surface area is 121 Å². The second kappa shape index (κ2) is 7.82. The average molecular weight is 273 g/mol. The summed E-state index contributed by atoms with van der Waals surface area (Å²) < 4.78 is 0. The third-order valence-corrected chi connectivity index (χ3v) is 3.54. The Kier molecular flexibility index (Phi) is 5.77. The van der Waals surface area contributed by atoms with Gasteiger partial charge in [-0.05, 0) is 5.56 Å². The molecule has 0 radical (unpaired) electrons. The molecule has 1 aromatic rings. The van der Waals surface area contributed by atoms with Gasteiger partial charge in [-0.15, -0.1) is 6.58 Å². The average Bonchev–Trinajstić information content (AvgIpc) is 2.49. The lowest BCUT2D eigenvalue weighted by molar-refractivity contribution is -0.132. The van der Waals surface area contributed by atoms with E-state index >= 15 is 0 Å². The molecule has 1 aromatic carbocycles. The molecule has 0 atom stereocenters. The normalized spacial score (nSPS) is 16.1. The first-order chi connectivity index (χ1) is 9.79. The summed E-state index contributed by atoms with van der Waals surface area (Å²) in [7, 11) is 0. The Balaban J connectivity index is 1.72. The van der Waals surface area contributed by atoms with E-state index in [1.807, 2.05) is 11.0 Å². The van der Waals surface area contributed by atoms with Crippen LogP contribution in [-0.4, -0.2) is 55.0 Å². The Hall–Kier alpha value is -1.65. The highest BCUT2D eigenvalue weighted by atomic mass is 16.2. The van der Waals surface area contributed by atoms with E-state index in [1.54, 1.807) is 6.08 Å². The number of nitrogens with zero attached hydrogens (tertiary/aromatic N) is 2. The summed E-state index contributed by atoms with van der Waals surface area (Å²) in [5.74, 6) is 0.186. The fourth-order valence-corrected chi connectivity index (χ4v) is 2.39. The molecule has 0 aromatic heterocycles. The number of hydrogen-bond donors (Lipinski definition) is 1. The van der Waals surface area contributed by atoms with Gasteiger partial charge in [0.25, 0.3) is 0 Å². The molecule has 1 aliphatic rings. The van der Waals surface area contributed by atoms with Crippen molar-refractivity contribution in [1.29, 1.82) is 0 Å². The van der Waals surface area contributed by atoms with Crippen LogP contribution in [0.5, 0.6) is 0 Å². The van der Waals surface area contributed by atoms with Crippen LogP contribution in [0.25, 0.3) is 0 Å². The van der Waals surface area contributed by atoms with Crippen molar-refractivity contribution in [1.82, 2.24) is 15.1 Å². The number of carbonyl (C=O) groups excluding carboxylic acids is 1. The lowest BCUT2D eigenvalue weighted by atomic mass is 10.2. The highest BCUT2D eigenvalue weighted by Crippen LogP contribution is 2.08. The quantitative estimate of drug-likeness (QED) is 0.623. The number of benzene rings is 1. The first-order valence-corrected chi connectivity index (χ1v) is 7.15. The summed E-state index contributed by atoms with van der Waals surface area (Å²) in [4.78, 5) is 16.3. The van der Waals surface area contributed by atoms with Crippen molar-refractivity contribution in [3.05, 3.63) is 48.6 Å². The van der Waals surface area contributed by atoms with Crippen molar-refractivity contribution < 1.29 is 4.79 Å². The van der Waals surface area contributed by atoms with Gasteiger partial charge in [0.15, 0.2) is 0 Å². The molecule has 108 valence electrons. The minimum absolute atomic E-state index is 0.186. The summed E-state index contributed by atoms with van der Waals surface area (Å²) in [6.45, 7) is 9.22. The Morgan fingerprint density at radius 3 is 2.55 bits per heavy atom. The zero-order valence-corrected chi connectivity index (χ0v) is 11.9. The molecule has 1 N–H and O–H groups in total. The summed E-state index contributed by atoms with van der Waals surface area (Å²) in [6, 6.07) is 10.5. The molecule has 1 aliphatic heterocycles. The molecule has 4 heteroatoms. The minimum Gasteiger partial charge on any atom is -0.339 e. The van der Waals surface area contributed by atoms with Gasteiger partial charge in [0, 0.05) is 39.3 Å². The molecule has 1 fully saturated rings. The van der Waals surface area contributed by atoms with Crippen molar-refractivity contribution in [2.75, 3.05) is 39.3 Å². The lowest BCUT2D eigenvalue weighted by Gasteiger charge is -2.34. The van der Waals surface area contributed by atoms with Gasteiger partial charge in [0.05, 0.1) is 6.54 Å². The van der Waals surface area contributed by atoms with Crippen molar-refractivity contribution in [2.24, 2.45) is 0 Å². The molecule has 0 saturated carbocycles. The van der Waals surface area contributed by atoms with E-state index in [-0.39, 0.29) is 5.91 Å². The summed E-state index contributed by atoms with van der Waals surface area (Å²) in [5.41, 5.74) is 1.33. The van der Waals surface area contributed by atoms with Crippen LogP contribution in [0.15, 0.2) is 43.0 Å². The van der Waals surface area contributed by atoms with Gasteiger partial charge < -0.3 is 10.2 Å². The molecule has 1 heterocycles. The maximum atomic E-state index is 11.9. The number of nitrogens with one attached hydrogen (secondary N) is 1. The summed E-state index contributed by atoms with van der Waals surface area (Å²) in [5, 5.41) is 3.06. The van der Waals surface area contributed by atoms with Crippen LogP contribution >= 0.6 is 0 Å². The Morgan fingerprint density at radius 1 is 1.20 bits per heavy atom. The topological polar surface area (TPSA) is 35.6 Å². The van der Waals surface area contributed by atoms with E-state index in [1.165, 1.54) is 5.56 Å². The van der Waals surface area contributed by atoms with Gasteiger partial charge in [-0.1, -0.05) is 36.4 Å². The van der Waals surface area contributed by atoms with Crippen LogP contribution in [0.3, 0.4) is 0 Å². The predicted molar refractivity (Wildman–Crippen MR) is 81.4 cm³/mol. The van der Waals surface area contributed by atoms with E-state index in [0.717, 1.165) is 32.7 Å². The monoisotopic (exact) mass is 273 g/mol. The fourth-order valence-electron chi connectivity index (χ4n) is 2.39. The number of carbonyl (C=O) groups is 1. The third kappa shape index (κ3) is 4.47. The first kappa shape index (κ1) is 14.8. The van der Waals surface area contributed by atoms with Gasteiger partial charge in [0.1, 0.15) is 0 Å². The molecule has 0 aliphatic carbocycles. The fraction of sp³-hybridized carbons (Fsp3) is 0.438. The van der Waals surface area contributed by atoms with Crippen molar-refractivity contribution >= 4 is 5.91 Å². The molecule has 0 spiro atoms. The molecule has 4 nitrogen and oxygen atoms in total. The minimum atomic E-state index is 0.186. The van der Waals surface area contributed by atoms with E-state index in [0.29, 0.717) is 13.1 Å². The van der Waals surface area contributed by atoms with Crippen LogP contribution in [-0.2, 0) is 11.3 Å². The molecular formula is C16H23N3O. The van der Waals surface area contributed by atoms with Gasteiger partial charge in [-0.2, -0.15) is 0 Å². The van der Waals surface area contributed by atoms with E-state index in [2.05, 4.69) is 41.1 Å². The van der Waals surface area contributed by atoms with Gasteiger partial charge in [-0.3, -0.25) is 9.69 Å². The van der Waals surface area contributed by atoms with E-state index in [4.69, 9.17) is 0 Å². The van der Waals surface area contributed by atoms with Crippen LogP contribution in [0, 0.1) is 0 Å². The molecule has 1 saturated heterocycles. The second-order valence-corrected chi connectivity index (χ2v) is 5.06. The largest absolute Gasteiger partial charge is 0.339 e. The van der Waals surface area contributed by atoms with Gasteiger partial charge in [0.2, 0.25) is 5.91 Å². The van der Waals surface area contributed by atoms with Crippen molar-refractivity contribution in [2.45, 2.75) is 6.54 Å². The Morgan fingerprint density at radius 2 is 1.90 bits per heavy atom. The van der Waals surface area contributed by atoms with Crippen LogP contribution in [0.1, 0.15) is 5.56 Å². The van der Waals surface area contributed by atoms with E-state index < -0.39 is 0 Å². The Bertz CT molecular complexity index is 425. The molecule has 0 unspecified atom stereocenters. The maximum absolute atomic E-state index is 11.9. The number of amides is 1. The van der Waals surface area contributed by atoms with Gasteiger partial charge >= 0.3 is 0 Å². The van der Waals surface area contributed by atoms with Crippen LogP contribution < -0.4 is 5.32 Å². The molecule has 0 bridgehead atoms. The summed E-state index contributed by atoms with van der Waals surface area (Å²) >= 11 is 0. The van der Waals surface area contributed by atoms with Crippen molar-refractivity contribution in [3.8, 4) is 0 Å². The highest BCUT2D eigenvalue weighted by molar-refractivity contribution is 5.78. The van der Waals surface area contributed by atoms with Gasteiger partial charge in [-0.25, -0.2) is 0 Å². The first-order valence-electron chi connectivity index (χ1n) is 7.15. The molecular weight excluding hydrogens is 250 g/mol. The second-order valence-electron chi connectivity index (χ2n) is 5.06. The molecule has 1 amide bonds. The highest BCUT2D eigenvalue weighted by Gasteiger charge is 2.20. The van der Waals surface area contributed by atoms with E-state index in [9.17, 15) is 4.79 Å². The molecule has 2 rings (SSSR count). The predicted octanol–water partition coefficient (Wildman–Crippen LogP) is 1.11. The smallest absolute Gasteiger partial charge is 0.236 e. The third-order valence-electron chi connectivity index (χ3n) is 3.54. The molecule has 20 heavy (non-hydrogen) atoms. The summed E-state index contributed by atoms with van der Waals surface area (Å²) in [6.07, 6.45) is 1.77. The SMILES string of the molecule is C=CCNCC(=O)N1CCN(Cc2ccccc2)CC1. The number of piperazine rings is 1. The maximum Gasteiger partial charge on any atom is 0.236 e. The van der Waals surface area contributed by atoms with Crippen molar-refractivity contribution in [3.63, 3.8) is 0 Å². The zero-order chi connectivity index (χ0) is 14.2. The number of hydrogen-bond acceptors (Lipinski definition) is 3. The van der Waals surface area contributed by atoms with Crippen LogP contribution in [0.4, 0.5) is 0 Å². The standard InChI is InChI=1S/C16H23N3O/c1-2-8-17-13-16(20)19-11-9-18(10-12-19)14-15-6-4-3-5-7-15/h2-7,17H,1,8-14H2. The van der Waals surface area contributed by atoms with Crippen LogP contribution in [0.2, 0.25) is 0 Å².